The number of hydrogen-bond donors (Lipinski definition) is 1. The zero-order chi connectivity index (χ0) is 14.8. The van der Waals surface area contributed by atoms with Crippen LogP contribution in [0.3, 0.4) is 0 Å². The lowest BCUT2D eigenvalue weighted by Crippen LogP contribution is -2.34. The van der Waals surface area contributed by atoms with E-state index in [0.717, 1.165) is 16.8 Å². The maximum absolute atomic E-state index is 12.3. The molecule has 0 spiro atoms. The number of nitriles is 1. The summed E-state index contributed by atoms with van der Waals surface area (Å²) in [5, 5.41) is 9.13. The van der Waals surface area contributed by atoms with Gasteiger partial charge in [-0.2, -0.15) is 5.26 Å². The van der Waals surface area contributed by atoms with Gasteiger partial charge in [-0.15, -0.1) is 0 Å². The van der Waals surface area contributed by atoms with Crippen molar-refractivity contribution < 1.29 is 4.79 Å². The second-order valence-electron chi connectivity index (χ2n) is 5.15. The van der Waals surface area contributed by atoms with Crippen LogP contribution in [0.25, 0.3) is 0 Å². The number of amides is 1. The average molecular weight is 277 g/mol. The topological polar surface area (TPSA) is 70.1 Å². The van der Waals surface area contributed by atoms with E-state index in [0.29, 0.717) is 30.6 Å². The Bertz CT molecular complexity index is 732. The van der Waals surface area contributed by atoms with Gasteiger partial charge in [-0.1, -0.05) is 30.3 Å². The molecule has 4 heteroatoms. The van der Waals surface area contributed by atoms with Crippen molar-refractivity contribution in [3.05, 3.63) is 59.2 Å². The minimum absolute atomic E-state index is 0.0833. The molecule has 0 saturated carbocycles. The van der Waals surface area contributed by atoms with Gasteiger partial charge >= 0.3 is 0 Å². The number of benzene rings is 2. The van der Waals surface area contributed by atoms with Gasteiger partial charge in [-0.25, -0.2) is 0 Å². The number of fused-ring (bicyclic) bond motifs is 1. The van der Waals surface area contributed by atoms with Gasteiger partial charge in [0.25, 0.3) is 0 Å². The van der Waals surface area contributed by atoms with Crippen LogP contribution in [0, 0.1) is 11.3 Å². The minimum atomic E-state index is 0.0833. The summed E-state index contributed by atoms with van der Waals surface area (Å²) >= 11 is 0. The average Bonchev–Trinajstić information content (AvgIpc) is 2.51. The van der Waals surface area contributed by atoms with E-state index < -0.39 is 0 Å². The fourth-order valence-corrected chi connectivity index (χ4v) is 2.65. The van der Waals surface area contributed by atoms with Crippen LogP contribution in [-0.4, -0.2) is 5.91 Å². The third-order valence-corrected chi connectivity index (χ3v) is 3.75. The van der Waals surface area contributed by atoms with Crippen molar-refractivity contribution in [1.82, 2.24) is 0 Å². The molecule has 0 bridgehead atoms. The molecule has 0 radical (unpaired) electrons. The molecule has 21 heavy (non-hydrogen) atoms. The van der Waals surface area contributed by atoms with Gasteiger partial charge in [0.2, 0.25) is 5.91 Å². The van der Waals surface area contributed by atoms with Gasteiger partial charge < -0.3 is 10.6 Å². The Balaban J connectivity index is 2.02. The maximum atomic E-state index is 12.3. The summed E-state index contributed by atoms with van der Waals surface area (Å²) in [7, 11) is 0. The van der Waals surface area contributed by atoms with E-state index >= 15 is 0 Å². The predicted octanol–water partition coefficient (Wildman–Crippen LogP) is 2.62. The lowest BCUT2D eigenvalue weighted by molar-refractivity contribution is -0.119. The van der Waals surface area contributed by atoms with E-state index in [4.69, 9.17) is 11.0 Å². The Morgan fingerprint density at radius 2 is 1.95 bits per heavy atom. The number of anilines is 2. The highest BCUT2D eigenvalue weighted by Crippen LogP contribution is 2.32. The molecular formula is C17H15N3O. The highest BCUT2D eigenvalue weighted by Gasteiger charge is 2.25. The van der Waals surface area contributed by atoms with Gasteiger partial charge in [-0.3, -0.25) is 4.79 Å². The first-order valence-electron chi connectivity index (χ1n) is 6.86. The lowest BCUT2D eigenvalue weighted by Gasteiger charge is -2.30. The number of aryl methyl sites for hydroxylation is 1. The van der Waals surface area contributed by atoms with Gasteiger partial charge in [0, 0.05) is 17.8 Å². The molecule has 0 atom stereocenters. The Kier molecular flexibility index (Phi) is 3.33. The summed E-state index contributed by atoms with van der Waals surface area (Å²) in [5.74, 6) is 0.0833. The number of nitrogens with zero attached hydrogens (tertiary/aromatic N) is 2. The Morgan fingerprint density at radius 3 is 2.67 bits per heavy atom. The molecule has 0 aliphatic carbocycles. The van der Waals surface area contributed by atoms with E-state index in [1.54, 1.807) is 11.0 Å². The van der Waals surface area contributed by atoms with Crippen LogP contribution in [0.1, 0.15) is 23.1 Å². The first-order valence-corrected chi connectivity index (χ1v) is 6.86. The predicted molar refractivity (Wildman–Crippen MR) is 81.5 cm³/mol. The number of hydrogen-bond acceptors (Lipinski definition) is 3. The van der Waals surface area contributed by atoms with Crippen molar-refractivity contribution in [3.8, 4) is 6.07 Å². The largest absolute Gasteiger partial charge is 0.398 e. The summed E-state index contributed by atoms with van der Waals surface area (Å²) in [5.41, 5.74) is 9.66. The van der Waals surface area contributed by atoms with Gasteiger partial charge in [-0.05, 0) is 29.7 Å². The second kappa shape index (κ2) is 5.29. The highest BCUT2D eigenvalue weighted by molar-refractivity contribution is 5.97. The number of nitrogen functional groups attached to an aromatic ring is 1. The third-order valence-electron chi connectivity index (χ3n) is 3.75. The number of rotatable bonds is 2. The molecule has 4 nitrogen and oxygen atoms in total. The first-order chi connectivity index (χ1) is 10.2. The summed E-state index contributed by atoms with van der Waals surface area (Å²) in [6, 6.07) is 15.5. The van der Waals surface area contributed by atoms with Crippen LogP contribution in [0.15, 0.2) is 42.5 Å². The summed E-state index contributed by atoms with van der Waals surface area (Å²) < 4.78 is 0. The zero-order valence-corrected chi connectivity index (χ0v) is 11.5. The molecule has 1 aliphatic heterocycles. The van der Waals surface area contributed by atoms with E-state index in [9.17, 15) is 4.79 Å². The molecule has 0 saturated heterocycles. The smallest absolute Gasteiger partial charge is 0.227 e. The van der Waals surface area contributed by atoms with Crippen molar-refractivity contribution in [1.29, 1.82) is 5.26 Å². The van der Waals surface area contributed by atoms with Crippen molar-refractivity contribution in [3.63, 3.8) is 0 Å². The van der Waals surface area contributed by atoms with Crippen molar-refractivity contribution in [2.45, 2.75) is 19.4 Å². The van der Waals surface area contributed by atoms with Gasteiger partial charge in [0.05, 0.1) is 12.1 Å². The molecule has 2 N–H and O–H groups in total. The van der Waals surface area contributed by atoms with Crippen LogP contribution in [0.2, 0.25) is 0 Å². The van der Waals surface area contributed by atoms with Crippen molar-refractivity contribution in [2.75, 3.05) is 10.6 Å². The molecule has 2 aromatic rings. The quantitative estimate of drug-likeness (QED) is 0.858. The summed E-state index contributed by atoms with van der Waals surface area (Å²) in [6.07, 6.45) is 1.15. The van der Waals surface area contributed by atoms with E-state index in [1.807, 2.05) is 36.4 Å². The van der Waals surface area contributed by atoms with Crippen LogP contribution < -0.4 is 10.6 Å². The highest BCUT2D eigenvalue weighted by atomic mass is 16.2. The maximum Gasteiger partial charge on any atom is 0.227 e. The molecule has 1 heterocycles. The number of carbonyl (C=O) groups excluding carboxylic acids is 1. The monoisotopic (exact) mass is 277 g/mol. The first kappa shape index (κ1) is 13.2. The molecule has 1 amide bonds. The zero-order valence-electron chi connectivity index (χ0n) is 11.5. The normalized spacial score (nSPS) is 13.7. The SMILES string of the molecule is N#Cc1cc2c(cc1N)CCC(=O)N2Cc1ccccc1. The summed E-state index contributed by atoms with van der Waals surface area (Å²) in [4.78, 5) is 14.0. The minimum Gasteiger partial charge on any atom is -0.398 e. The van der Waals surface area contributed by atoms with E-state index in [2.05, 4.69) is 6.07 Å². The van der Waals surface area contributed by atoms with Crippen LogP contribution in [0.5, 0.6) is 0 Å². The second-order valence-corrected chi connectivity index (χ2v) is 5.15. The molecule has 0 fully saturated rings. The fraction of sp³-hybridized carbons (Fsp3) is 0.176. The standard InChI is InChI=1S/C17H15N3O/c18-10-14-9-16-13(8-15(14)19)6-7-17(21)20(16)11-12-4-2-1-3-5-12/h1-5,8-9H,6-7,11,19H2. The van der Waals surface area contributed by atoms with Gasteiger partial charge in [0.15, 0.2) is 0 Å². The van der Waals surface area contributed by atoms with Crippen molar-refractivity contribution in [2.24, 2.45) is 0 Å². The van der Waals surface area contributed by atoms with E-state index in [1.165, 1.54) is 0 Å². The lowest BCUT2D eigenvalue weighted by atomic mass is 9.97. The molecule has 1 aliphatic rings. The molecule has 2 aromatic carbocycles. The Labute approximate surface area is 123 Å². The van der Waals surface area contributed by atoms with Gasteiger partial charge in [0.1, 0.15) is 6.07 Å². The van der Waals surface area contributed by atoms with Crippen LogP contribution in [0.4, 0.5) is 11.4 Å². The Hall–Kier alpha value is -2.80. The third kappa shape index (κ3) is 2.46. The van der Waals surface area contributed by atoms with Crippen LogP contribution >= 0.6 is 0 Å². The molecule has 0 unspecified atom stereocenters. The molecule has 0 aromatic heterocycles. The fourth-order valence-electron chi connectivity index (χ4n) is 2.65. The van der Waals surface area contributed by atoms with Crippen molar-refractivity contribution >= 4 is 17.3 Å². The number of carbonyl (C=O) groups is 1. The summed E-state index contributed by atoms with van der Waals surface area (Å²) in [6.45, 7) is 0.515. The van der Waals surface area contributed by atoms with Crippen LogP contribution in [-0.2, 0) is 17.8 Å². The molecule has 3 rings (SSSR count). The number of nitrogens with two attached hydrogens (primary N) is 1. The molecular weight excluding hydrogens is 262 g/mol. The Morgan fingerprint density at radius 1 is 1.19 bits per heavy atom. The van der Waals surface area contributed by atoms with E-state index in [-0.39, 0.29) is 5.91 Å². The molecule has 104 valence electrons.